The van der Waals surface area contributed by atoms with Crippen LogP contribution in [0.15, 0.2) is 22.9 Å². The first-order valence-corrected chi connectivity index (χ1v) is 9.96. The molecule has 5 heterocycles. The number of nitrogens with one attached hydrogen (secondary N) is 1. The van der Waals surface area contributed by atoms with E-state index in [1.807, 2.05) is 17.0 Å². The zero-order valence-electron chi connectivity index (χ0n) is 15.2. The quantitative estimate of drug-likeness (QED) is 0.719. The number of hydrogen-bond acceptors (Lipinski definition) is 7. The number of alkyl halides is 1. The van der Waals surface area contributed by atoms with E-state index in [0.29, 0.717) is 58.7 Å². The number of piperidine rings is 1. The molecule has 0 aliphatic carbocycles. The third-order valence-electron chi connectivity index (χ3n) is 5.46. The van der Waals surface area contributed by atoms with Gasteiger partial charge < -0.3 is 14.7 Å². The molecular formula is C19H20ClFN6O. The monoisotopic (exact) mass is 402 g/mol. The summed E-state index contributed by atoms with van der Waals surface area (Å²) in [6, 6.07) is 3.73. The zero-order chi connectivity index (χ0) is 19.1. The van der Waals surface area contributed by atoms with E-state index in [-0.39, 0.29) is 5.92 Å². The van der Waals surface area contributed by atoms with Crippen LogP contribution in [-0.4, -0.2) is 52.5 Å². The van der Waals surface area contributed by atoms with Crippen LogP contribution in [0.5, 0.6) is 0 Å². The first kappa shape index (κ1) is 17.8. The topological polar surface area (TPSA) is 80.0 Å². The molecule has 2 aliphatic rings. The second kappa shape index (κ2) is 7.25. The highest BCUT2D eigenvalue weighted by Crippen LogP contribution is 2.34. The van der Waals surface area contributed by atoms with Crippen LogP contribution >= 0.6 is 11.6 Å². The molecule has 2 aliphatic heterocycles. The predicted octanol–water partition coefficient (Wildman–Crippen LogP) is 3.35. The van der Waals surface area contributed by atoms with Crippen LogP contribution in [-0.2, 0) is 0 Å². The number of fused-ring (bicyclic) bond motifs is 1. The van der Waals surface area contributed by atoms with Crippen molar-refractivity contribution in [3.05, 3.63) is 29.2 Å². The van der Waals surface area contributed by atoms with Crippen LogP contribution in [0.25, 0.3) is 22.4 Å². The lowest BCUT2D eigenvalue weighted by atomic mass is 9.98. The third kappa shape index (κ3) is 3.20. The van der Waals surface area contributed by atoms with E-state index in [1.54, 1.807) is 6.20 Å². The van der Waals surface area contributed by atoms with E-state index in [0.717, 1.165) is 25.9 Å². The second-order valence-electron chi connectivity index (χ2n) is 7.33. The molecule has 2 saturated heterocycles. The number of halogens is 2. The fourth-order valence-corrected chi connectivity index (χ4v) is 4.14. The van der Waals surface area contributed by atoms with E-state index in [9.17, 15) is 4.39 Å². The Morgan fingerprint density at radius 3 is 2.82 bits per heavy atom. The van der Waals surface area contributed by atoms with Gasteiger partial charge in [-0.15, -0.1) is 0 Å². The number of pyridine rings is 2. The van der Waals surface area contributed by atoms with Crippen molar-refractivity contribution in [2.24, 2.45) is 0 Å². The van der Waals surface area contributed by atoms with Crippen molar-refractivity contribution in [2.45, 2.75) is 31.4 Å². The highest BCUT2D eigenvalue weighted by molar-refractivity contribution is 6.34. The van der Waals surface area contributed by atoms with Crippen molar-refractivity contribution >= 4 is 28.5 Å². The minimum Gasteiger partial charge on any atom is -0.354 e. The molecule has 28 heavy (non-hydrogen) atoms. The van der Waals surface area contributed by atoms with Crippen LogP contribution < -0.4 is 10.2 Å². The molecule has 146 valence electrons. The van der Waals surface area contributed by atoms with Gasteiger partial charge in [-0.1, -0.05) is 16.8 Å². The predicted molar refractivity (Wildman–Crippen MR) is 104 cm³/mol. The van der Waals surface area contributed by atoms with Gasteiger partial charge >= 0.3 is 0 Å². The molecule has 0 spiro atoms. The molecule has 0 radical (unpaired) electrons. The molecule has 1 unspecified atom stereocenters. The maximum absolute atomic E-state index is 13.6. The molecule has 2 fully saturated rings. The summed E-state index contributed by atoms with van der Waals surface area (Å²) in [5, 5.41) is 7.93. The van der Waals surface area contributed by atoms with E-state index in [2.05, 4.69) is 20.4 Å². The summed E-state index contributed by atoms with van der Waals surface area (Å²) in [5.74, 6) is 2.01. The van der Waals surface area contributed by atoms with Gasteiger partial charge in [0, 0.05) is 18.7 Å². The SMILES string of the molecule is FC1CCN(c2ccc3ncc(Cl)c(-c4noc(C5CCNCC5)n4)c3n2)C1. The van der Waals surface area contributed by atoms with Crippen LogP contribution in [0.4, 0.5) is 10.2 Å². The van der Waals surface area contributed by atoms with E-state index in [4.69, 9.17) is 21.1 Å². The van der Waals surface area contributed by atoms with Gasteiger partial charge in [-0.2, -0.15) is 4.98 Å². The Morgan fingerprint density at radius 1 is 1.18 bits per heavy atom. The molecule has 0 amide bonds. The zero-order valence-corrected chi connectivity index (χ0v) is 16.0. The van der Waals surface area contributed by atoms with Gasteiger partial charge in [0.2, 0.25) is 11.7 Å². The molecule has 9 heteroatoms. The van der Waals surface area contributed by atoms with Crippen molar-refractivity contribution in [3.63, 3.8) is 0 Å². The average molecular weight is 403 g/mol. The van der Waals surface area contributed by atoms with Crippen molar-refractivity contribution in [1.29, 1.82) is 0 Å². The van der Waals surface area contributed by atoms with E-state index >= 15 is 0 Å². The van der Waals surface area contributed by atoms with Gasteiger partial charge in [-0.05, 0) is 44.5 Å². The van der Waals surface area contributed by atoms with Gasteiger partial charge in [-0.3, -0.25) is 4.98 Å². The Kier molecular flexibility index (Phi) is 4.60. The highest BCUT2D eigenvalue weighted by atomic mass is 35.5. The van der Waals surface area contributed by atoms with Gasteiger partial charge in [0.1, 0.15) is 17.5 Å². The Labute approximate surface area is 166 Å². The normalized spacial score (nSPS) is 20.9. The highest BCUT2D eigenvalue weighted by Gasteiger charge is 2.26. The summed E-state index contributed by atoms with van der Waals surface area (Å²) in [7, 11) is 0. The smallest absolute Gasteiger partial charge is 0.230 e. The molecule has 1 atom stereocenters. The maximum Gasteiger partial charge on any atom is 0.230 e. The summed E-state index contributed by atoms with van der Waals surface area (Å²) >= 11 is 6.46. The standard InChI is InChI=1S/C19H20ClFN6O/c20-13-9-23-14-1-2-15(27-8-5-12(21)10-27)24-17(14)16(13)18-25-19(28-26-18)11-3-6-22-7-4-11/h1-2,9,11-12,22H,3-8,10H2. The van der Waals surface area contributed by atoms with E-state index in [1.165, 1.54) is 0 Å². The Morgan fingerprint density at radius 2 is 2.04 bits per heavy atom. The summed E-state index contributed by atoms with van der Waals surface area (Å²) in [6.07, 6.45) is 3.21. The minimum absolute atomic E-state index is 0.254. The van der Waals surface area contributed by atoms with Crippen molar-refractivity contribution in [2.75, 3.05) is 31.1 Å². The van der Waals surface area contributed by atoms with Gasteiger partial charge in [0.25, 0.3) is 0 Å². The molecule has 3 aromatic rings. The average Bonchev–Trinajstić information content (AvgIpc) is 3.37. The lowest BCUT2D eigenvalue weighted by Crippen LogP contribution is -2.26. The number of aromatic nitrogens is 4. The Balaban J connectivity index is 1.56. The molecule has 0 saturated carbocycles. The summed E-state index contributed by atoms with van der Waals surface area (Å²) in [5.41, 5.74) is 1.89. The fourth-order valence-electron chi connectivity index (χ4n) is 3.92. The van der Waals surface area contributed by atoms with Crippen LogP contribution in [0.2, 0.25) is 5.02 Å². The molecule has 3 aromatic heterocycles. The number of rotatable bonds is 3. The summed E-state index contributed by atoms with van der Waals surface area (Å²) < 4.78 is 19.2. The van der Waals surface area contributed by atoms with Gasteiger partial charge in [0.05, 0.1) is 22.6 Å². The van der Waals surface area contributed by atoms with Gasteiger partial charge in [0.15, 0.2) is 0 Å². The fraction of sp³-hybridized carbons (Fsp3) is 0.474. The first-order chi connectivity index (χ1) is 13.7. The molecule has 5 rings (SSSR count). The molecule has 0 bridgehead atoms. The van der Waals surface area contributed by atoms with Crippen LogP contribution in [0, 0.1) is 0 Å². The lowest BCUT2D eigenvalue weighted by molar-refractivity contribution is 0.320. The third-order valence-corrected chi connectivity index (χ3v) is 5.75. The first-order valence-electron chi connectivity index (χ1n) is 9.58. The Bertz CT molecular complexity index is 1010. The lowest BCUT2D eigenvalue weighted by Gasteiger charge is -2.18. The van der Waals surface area contributed by atoms with Crippen LogP contribution in [0.3, 0.4) is 0 Å². The summed E-state index contributed by atoms with van der Waals surface area (Å²) in [6.45, 7) is 2.88. The summed E-state index contributed by atoms with van der Waals surface area (Å²) in [4.78, 5) is 15.7. The van der Waals surface area contributed by atoms with E-state index < -0.39 is 6.17 Å². The second-order valence-corrected chi connectivity index (χ2v) is 7.74. The number of nitrogens with zero attached hydrogens (tertiary/aromatic N) is 5. The molecule has 0 aromatic carbocycles. The Hall–Kier alpha value is -2.32. The minimum atomic E-state index is -0.820. The molecule has 7 nitrogen and oxygen atoms in total. The maximum atomic E-state index is 13.6. The van der Waals surface area contributed by atoms with Crippen molar-refractivity contribution in [1.82, 2.24) is 25.4 Å². The molecular weight excluding hydrogens is 383 g/mol. The van der Waals surface area contributed by atoms with Crippen LogP contribution in [0.1, 0.15) is 31.1 Å². The number of anilines is 1. The van der Waals surface area contributed by atoms with Crippen molar-refractivity contribution < 1.29 is 8.91 Å². The van der Waals surface area contributed by atoms with Gasteiger partial charge in [-0.25, -0.2) is 9.37 Å². The largest absolute Gasteiger partial charge is 0.354 e. The number of hydrogen-bond donors (Lipinski definition) is 1. The van der Waals surface area contributed by atoms with Crippen molar-refractivity contribution in [3.8, 4) is 11.4 Å². The molecule has 1 N–H and O–H groups in total.